The maximum absolute atomic E-state index is 12.8. The number of halogens is 1. The lowest BCUT2D eigenvalue weighted by Gasteiger charge is -2.15. The highest BCUT2D eigenvalue weighted by molar-refractivity contribution is 5.98. The molecule has 5 nitrogen and oxygen atoms in total. The molecule has 120 valence electrons. The van der Waals surface area contributed by atoms with Crippen molar-refractivity contribution in [2.45, 2.75) is 13.0 Å². The zero-order chi connectivity index (χ0) is 16.8. The number of benzene rings is 2. The van der Waals surface area contributed by atoms with Crippen molar-refractivity contribution in [3.63, 3.8) is 0 Å². The molecule has 2 rings (SSSR count). The normalized spacial score (nSPS) is 11.4. The van der Waals surface area contributed by atoms with E-state index in [9.17, 15) is 14.0 Å². The van der Waals surface area contributed by atoms with Crippen LogP contribution in [0, 0.1) is 5.82 Å². The van der Waals surface area contributed by atoms with Crippen molar-refractivity contribution < 1.29 is 23.5 Å². The fraction of sp³-hybridized carbons (Fsp3) is 0.176. The Morgan fingerprint density at radius 1 is 1.09 bits per heavy atom. The van der Waals surface area contributed by atoms with Gasteiger partial charge >= 0.3 is 5.97 Å². The highest BCUT2D eigenvalue weighted by atomic mass is 19.1. The van der Waals surface area contributed by atoms with Gasteiger partial charge in [-0.05, 0) is 43.3 Å². The Kier molecular flexibility index (Phi) is 5.30. The van der Waals surface area contributed by atoms with Crippen LogP contribution < -0.4 is 10.1 Å². The van der Waals surface area contributed by atoms with Crippen molar-refractivity contribution in [2.75, 3.05) is 12.4 Å². The van der Waals surface area contributed by atoms with Gasteiger partial charge in [0.15, 0.2) is 6.10 Å². The highest BCUT2D eigenvalue weighted by Gasteiger charge is 2.20. The van der Waals surface area contributed by atoms with Crippen molar-refractivity contribution in [3.8, 4) is 5.75 Å². The van der Waals surface area contributed by atoms with Crippen molar-refractivity contribution >= 4 is 17.6 Å². The third-order valence-corrected chi connectivity index (χ3v) is 3.10. The van der Waals surface area contributed by atoms with Crippen molar-refractivity contribution in [1.29, 1.82) is 0 Å². The third-order valence-electron chi connectivity index (χ3n) is 3.10. The van der Waals surface area contributed by atoms with Crippen LogP contribution in [0.3, 0.4) is 0 Å². The molecular formula is C17H16FNO4. The predicted molar refractivity (Wildman–Crippen MR) is 82.9 cm³/mol. The van der Waals surface area contributed by atoms with E-state index >= 15 is 0 Å². The summed E-state index contributed by atoms with van der Waals surface area (Å²) in [6, 6.07) is 11.8. The van der Waals surface area contributed by atoms with Gasteiger partial charge in [0.25, 0.3) is 5.91 Å². The number of hydrogen-bond donors (Lipinski definition) is 1. The minimum atomic E-state index is -1.02. The minimum Gasteiger partial charge on any atom is -0.495 e. The molecule has 23 heavy (non-hydrogen) atoms. The standard InChI is InChI=1S/C17H16FNO4/c1-11(23-17(21)12-7-9-13(18)10-8-12)16(20)19-14-5-3-4-6-15(14)22-2/h3-11H,1-2H3,(H,19,20)/t11-/m1/s1. The quantitative estimate of drug-likeness (QED) is 0.861. The van der Waals surface area contributed by atoms with E-state index in [1.54, 1.807) is 24.3 Å². The summed E-state index contributed by atoms with van der Waals surface area (Å²) < 4.78 is 23.0. The summed E-state index contributed by atoms with van der Waals surface area (Å²) in [5.41, 5.74) is 0.646. The number of para-hydroxylation sites is 2. The fourth-order valence-corrected chi connectivity index (χ4v) is 1.85. The first-order valence-corrected chi connectivity index (χ1v) is 6.91. The monoisotopic (exact) mass is 317 g/mol. The molecule has 0 aromatic heterocycles. The Morgan fingerprint density at radius 3 is 2.39 bits per heavy atom. The second-order valence-electron chi connectivity index (χ2n) is 4.74. The first kappa shape index (κ1) is 16.5. The van der Waals surface area contributed by atoms with E-state index in [1.807, 2.05) is 0 Å². The minimum absolute atomic E-state index is 0.170. The van der Waals surface area contributed by atoms with Gasteiger partial charge < -0.3 is 14.8 Å². The van der Waals surface area contributed by atoms with E-state index < -0.39 is 23.8 Å². The van der Waals surface area contributed by atoms with E-state index in [1.165, 1.54) is 26.2 Å². The van der Waals surface area contributed by atoms with Crippen LogP contribution in [-0.2, 0) is 9.53 Å². The summed E-state index contributed by atoms with van der Waals surface area (Å²) in [6.07, 6.45) is -1.02. The number of nitrogens with one attached hydrogen (secondary N) is 1. The molecule has 1 atom stereocenters. The summed E-state index contributed by atoms with van der Waals surface area (Å²) in [5.74, 6) is -1.15. The van der Waals surface area contributed by atoms with Crippen molar-refractivity contribution in [2.24, 2.45) is 0 Å². The van der Waals surface area contributed by atoms with E-state index in [-0.39, 0.29) is 5.56 Å². The van der Waals surface area contributed by atoms with Gasteiger partial charge in [0.1, 0.15) is 11.6 Å². The summed E-state index contributed by atoms with van der Waals surface area (Å²) in [6.45, 7) is 1.45. The first-order valence-electron chi connectivity index (χ1n) is 6.91. The van der Waals surface area contributed by atoms with Crippen molar-refractivity contribution in [1.82, 2.24) is 0 Å². The molecule has 0 unspecified atom stereocenters. The Hall–Kier alpha value is -2.89. The molecule has 0 bridgehead atoms. The van der Waals surface area contributed by atoms with E-state index in [0.29, 0.717) is 11.4 Å². The highest BCUT2D eigenvalue weighted by Crippen LogP contribution is 2.23. The largest absolute Gasteiger partial charge is 0.495 e. The summed E-state index contributed by atoms with van der Waals surface area (Å²) >= 11 is 0. The number of ether oxygens (including phenoxy) is 2. The SMILES string of the molecule is COc1ccccc1NC(=O)[C@@H](C)OC(=O)c1ccc(F)cc1. The van der Waals surface area contributed by atoms with Crippen LogP contribution in [0.2, 0.25) is 0 Å². The zero-order valence-electron chi connectivity index (χ0n) is 12.7. The molecule has 0 spiro atoms. The van der Waals surface area contributed by atoms with E-state index in [2.05, 4.69) is 5.32 Å². The number of hydrogen-bond acceptors (Lipinski definition) is 4. The number of carbonyl (C=O) groups excluding carboxylic acids is 2. The van der Waals surface area contributed by atoms with Crippen LogP contribution in [0.5, 0.6) is 5.75 Å². The van der Waals surface area contributed by atoms with Crippen LogP contribution in [0.15, 0.2) is 48.5 Å². The topological polar surface area (TPSA) is 64.6 Å². The lowest BCUT2D eigenvalue weighted by atomic mass is 10.2. The molecule has 0 fully saturated rings. The van der Waals surface area contributed by atoms with Gasteiger partial charge in [-0.3, -0.25) is 4.79 Å². The molecule has 6 heteroatoms. The number of amides is 1. The lowest BCUT2D eigenvalue weighted by Crippen LogP contribution is -2.30. The zero-order valence-corrected chi connectivity index (χ0v) is 12.7. The Bertz CT molecular complexity index is 700. The number of carbonyl (C=O) groups is 2. The molecule has 2 aromatic rings. The Balaban J connectivity index is 1.99. The molecule has 2 aromatic carbocycles. The van der Waals surface area contributed by atoms with Gasteiger partial charge in [-0.15, -0.1) is 0 Å². The van der Waals surface area contributed by atoms with Crippen LogP contribution >= 0.6 is 0 Å². The molecule has 0 radical (unpaired) electrons. The van der Waals surface area contributed by atoms with Gasteiger partial charge in [0, 0.05) is 0 Å². The average Bonchev–Trinajstić information content (AvgIpc) is 2.55. The molecule has 0 aliphatic carbocycles. The predicted octanol–water partition coefficient (Wildman–Crippen LogP) is 3.02. The van der Waals surface area contributed by atoms with Crippen LogP contribution in [0.1, 0.15) is 17.3 Å². The molecule has 1 amide bonds. The molecule has 0 saturated heterocycles. The fourth-order valence-electron chi connectivity index (χ4n) is 1.85. The number of methoxy groups -OCH3 is 1. The lowest BCUT2D eigenvalue weighted by molar-refractivity contribution is -0.123. The van der Waals surface area contributed by atoms with Crippen LogP contribution in [-0.4, -0.2) is 25.1 Å². The summed E-state index contributed by atoms with van der Waals surface area (Å²) in [4.78, 5) is 24.0. The van der Waals surface area contributed by atoms with Crippen LogP contribution in [0.4, 0.5) is 10.1 Å². The van der Waals surface area contributed by atoms with Gasteiger partial charge in [-0.2, -0.15) is 0 Å². The van der Waals surface area contributed by atoms with Crippen LogP contribution in [0.25, 0.3) is 0 Å². The number of rotatable bonds is 5. The Labute approximate surface area is 133 Å². The first-order chi connectivity index (χ1) is 11.0. The van der Waals surface area contributed by atoms with Gasteiger partial charge in [-0.25, -0.2) is 9.18 Å². The Morgan fingerprint density at radius 2 is 1.74 bits per heavy atom. The molecule has 0 heterocycles. The van der Waals surface area contributed by atoms with E-state index in [0.717, 1.165) is 12.1 Å². The van der Waals surface area contributed by atoms with E-state index in [4.69, 9.17) is 9.47 Å². The van der Waals surface area contributed by atoms with Gasteiger partial charge in [0.2, 0.25) is 0 Å². The summed E-state index contributed by atoms with van der Waals surface area (Å²) in [7, 11) is 1.49. The summed E-state index contributed by atoms with van der Waals surface area (Å²) in [5, 5.41) is 2.63. The maximum Gasteiger partial charge on any atom is 0.338 e. The molecule has 1 N–H and O–H groups in total. The average molecular weight is 317 g/mol. The number of esters is 1. The van der Waals surface area contributed by atoms with Gasteiger partial charge in [-0.1, -0.05) is 12.1 Å². The number of anilines is 1. The smallest absolute Gasteiger partial charge is 0.338 e. The van der Waals surface area contributed by atoms with Gasteiger partial charge in [0.05, 0.1) is 18.4 Å². The molecule has 0 aliphatic rings. The molecule has 0 saturated carbocycles. The molecular weight excluding hydrogens is 301 g/mol. The van der Waals surface area contributed by atoms with Crippen molar-refractivity contribution in [3.05, 3.63) is 59.9 Å². The third kappa shape index (κ3) is 4.29. The second kappa shape index (κ2) is 7.40. The second-order valence-corrected chi connectivity index (χ2v) is 4.74. The molecule has 0 aliphatic heterocycles. The maximum atomic E-state index is 12.8.